The number of ether oxygens (including phenoxy) is 1. The molecule has 0 bridgehead atoms. The third-order valence-electron chi connectivity index (χ3n) is 1.99. The molecule has 0 fully saturated rings. The smallest absolute Gasteiger partial charge is 0.158 e. The van der Waals surface area contributed by atoms with Crippen molar-refractivity contribution in [2.24, 2.45) is 0 Å². The third-order valence-corrected chi connectivity index (χ3v) is 2.84. The molecule has 15 heavy (non-hydrogen) atoms. The highest BCUT2D eigenvalue weighted by atomic mass is 79.9. The molecule has 0 N–H and O–H groups in total. The molecule has 0 aliphatic carbocycles. The number of ketones is 1. The molecule has 4 heteroatoms. The van der Waals surface area contributed by atoms with Gasteiger partial charge in [-0.1, -0.05) is 33.6 Å². The number of methoxy groups -OCH3 is 1. The highest BCUT2D eigenvalue weighted by molar-refractivity contribution is 9.10. The summed E-state index contributed by atoms with van der Waals surface area (Å²) in [5, 5.41) is 0.689. The van der Waals surface area contributed by atoms with Crippen molar-refractivity contribution in [2.45, 2.75) is 12.8 Å². The van der Waals surface area contributed by atoms with Crippen LogP contribution in [0.1, 0.15) is 12.0 Å². The Morgan fingerprint density at radius 2 is 2.27 bits per heavy atom. The minimum Gasteiger partial charge on any atom is -0.377 e. The Hall–Kier alpha value is -0.380. The largest absolute Gasteiger partial charge is 0.377 e. The Kier molecular flexibility index (Phi) is 5.29. The van der Waals surface area contributed by atoms with E-state index in [1.165, 1.54) is 7.11 Å². The van der Waals surface area contributed by atoms with Crippen LogP contribution < -0.4 is 0 Å². The van der Waals surface area contributed by atoms with E-state index in [9.17, 15) is 4.79 Å². The van der Waals surface area contributed by atoms with E-state index in [1.54, 1.807) is 0 Å². The van der Waals surface area contributed by atoms with Crippen LogP contribution in [-0.2, 0) is 16.0 Å². The maximum Gasteiger partial charge on any atom is 0.158 e. The minimum absolute atomic E-state index is 0.0940. The van der Waals surface area contributed by atoms with Gasteiger partial charge in [-0.15, -0.1) is 0 Å². The highest BCUT2D eigenvalue weighted by Crippen LogP contribution is 2.22. The second-order valence-electron chi connectivity index (χ2n) is 3.21. The summed E-state index contributed by atoms with van der Waals surface area (Å²) < 4.78 is 5.70. The van der Waals surface area contributed by atoms with E-state index in [1.807, 2.05) is 18.2 Å². The lowest BCUT2D eigenvalue weighted by atomic mass is 10.1. The van der Waals surface area contributed by atoms with Gasteiger partial charge in [0.1, 0.15) is 6.61 Å². The van der Waals surface area contributed by atoms with Crippen molar-refractivity contribution in [1.82, 2.24) is 0 Å². The van der Waals surface area contributed by atoms with E-state index in [0.717, 1.165) is 10.0 Å². The van der Waals surface area contributed by atoms with Crippen LogP contribution in [0.4, 0.5) is 0 Å². The van der Waals surface area contributed by atoms with E-state index >= 15 is 0 Å². The number of rotatable bonds is 5. The standard InChI is InChI=1S/C11H12BrClO2/c1-15-7-10(14)5-3-8-2-4-9(12)6-11(8)13/h2,4,6H,3,5,7H2,1H3. The molecule has 0 heterocycles. The van der Waals surface area contributed by atoms with Gasteiger partial charge in [-0.05, 0) is 24.1 Å². The molecule has 0 amide bonds. The van der Waals surface area contributed by atoms with Gasteiger partial charge in [0.25, 0.3) is 0 Å². The molecule has 1 aromatic carbocycles. The molecular formula is C11H12BrClO2. The number of aryl methyl sites for hydroxylation is 1. The van der Waals surface area contributed by atoms with Crippen molar-refractivity contribution in [1.29, 1.82) is 0 Å². The lowest BCUT2D eigenvalue weighted by molar-refractivity contribution is -0.122. The second kappa shape index (κ2) is 6.26. The Balaban J connectivity index is 2.54. The summed E-state index contributed by atoms with van der Waals surface area (Å²) in [5.74, 6) is 0.0940. The first-order chi connectivity index (χ1) is 7.13. The Morgan fingerprint density at radius 1 is 1.53 bits per heavy atom. The van der Waals surface area contributed by atoms with Crippen LogP contribution in [0.25, 0.3) is 0 Å². The zero-order valence-electron chi connectivity index (χ0n) is 8.43. The van der Waals surface area contributed by atoms with Gasteiger partial charge in [0.05, 0.1) is 0 Å². The fourth-order valence-electron chi connectivity index (χ4n) is 1.23. The van der Waals surface area contributed by atoms with E-state index in [2.05, 4.69) is 15.9 Å². The Morgan fingerprint density at radius 3 is 2.87 bits per heavy atom. The number of benzene rings is 1. The average molecular weight is 292 g/mol. The summed E-state index contributed by atoms with van der Waals surface area (Å²) in [7, 11) is 1.52. The molecule has 0 saturated heterocycles. The summed E-state index contributed by atoms with van der Waals surface area (Å²) in [6, 6.07) is 5.67. The fourth-order valence-corrected chi connectivity index (χ4v) is 2.00. The lowest BCUT2D eigenvalue weighted by Crippen LogP contribution is -2.07. The van der Waals surface area contributed by atoms with Gasteiger partial charge in [0.2, 0.25) is 0 Å². The number of Topliss-reactive ketones (excluding diaryl/α,β-unsaturated/α-hetero) is 1. The average Bonchev–Trinajstić information content (AvgIpc) is 2.17. The maximum absolute atomic E-state index is 11.2. The molecular weight excluding hydrogens is 279 g/mol. The van der Waals surface area contributed by atoms with Crippen molar-refractivity contribution < 1.29 is 9.53 Å². The van der Waals surface area contributed by atoms with Crippen molar-refractivity contribution >= 4 is 33.3 Å². The van der Waals surface area contributed by atoms with Crippen LogP contribution in [0.3, 0.4) is 0 Å². The van der Waals surface area contributed by atoms with Crippen molar-refractivity contribution in [3.63, 3.8) is 0 Å². The zero-order chi connectivity index (χ0) is 11.3. The quantitative estimate of drug-likeness (QED) is 0.832. The molecule has 0 radical (unpaired) electrons. The van der Waals surface area contributed by atoms with Gasteiger partial charge in [-0.3, -0.25) is 4.79 Å². The zero-order valence-corrected chi connectivity index (χ0v) is 10.8. The predicted octanol–water partition coefficient (Wildman–Crippen LogP) is 3.25. The van der Waals surface area contributed by atoms with Crippen LogP contribution in [-0.4, -0.2) is 19.5 Å². The normalized spacial score (nSPS) is 10.3. The van der Waals surface area contributed by atoms with E-state index < -0.39 is 0 Å². The summed E-state index contributed by atoms with van der Waals surface area (Å²) >= 11 is 9.35. The molecule has 82 valence electrons. The maximum atomic E-state index is 11.2. The van der Waals surface area contributed by atoms with Crippen molar-refractivity contribution in [2.75, 3.05) is 13.7 Å². The molecule has 1 aromatic rings. The van der Waals surface area contributed by atoms with Crippen LogP contribution >= 0.6 is 27.5 Å². The van der Waals surface area contributed by atoms with Gasteiger partial charge in [-0.25, -0.2) is 0 Å². The fraction of sp³-hybridized carbons (Fsp3) is 0.364. The molecule has 2 nitrogen and oxygen atoms in total. The van der Waals surface area contributed by atoms with E-state index in [-0.39, 0.29) is 12.4 Å². The molecule has 0 atom stereocenters. The first-order valence-corrected chi connectivity index (χ1v) is 5.75. The molecule has 0 spiro atoms. The SMILES string of the molecule is COCC(=O)CCc1ccc(Br)cc1Cl. The molecule has 0 aromatic heterocycles. The molecule has 0 aliphatic rings. The van der Waals surface area contributed by atoms with Crippen LogP contribution in [0, 0.1) is 0 Å². The molecule has 0 unspecified atom stereocenters. The molecule has 0 aliphatic heterocycles. The van der Waals surface area contributed by atoms with Crippen molar-refractivity contribution in [3.8, 4) is 0 Å². The van der Waals surface area contributed by atoms with Gasteiger partial charge in [0.15, 0.2) is 5.78 Å². The van der Waals surface area contributed by atoms with Crippen LogP contribution in [0.2, 0.25) is 5.02 Å². The van der Waals surface area contributed by atoms with Crippen molar-refractivity contribution in [3.05, 3.63) is 33.3 Å². The van der Waals surface area contributed by atoms with Gasteiger partial charge < -0.3 is 4.74 Å². The third kappa shape index (κ3) is 4.33. The van der Waals surface area contributed by atoms with Crippen LogP contribution in [0.15, 0.2) is 22.7 Å². The topological polar surface area (TPSA) is 26.3 Å². The Labute approximate surface area is 103 Å². The lowest BCUT2D eigenvalue weighted by Gasteiger charge is -2.04. The van der Waals surface area contributed by atoms with E-state index in [0.29, 0.717) is 17.9 Å². The predicted molar refractivity (Wildman–Crippen MR) is 64.4 cm³/mol. The highest BCUT2D eigenvalue weighted by Gasteiger charge is 2.05. The van der Waals surface area contributed by atoms with Gasteiger partial charge in [-0.2, -0.15) is 0 Å². The summed E-state index contributed by atoms with van der Waals surface area (Å²) in [6.07, 6.45) is 1.13. The Bertz CT molecular complexity index is 352. The van der Waals surface area contributed by atoms with Gasteiger partial charge >= 0.3 is 0 Å². The molecule has 1 rings (SSSR count). The van der Waals surface area contributed by atoms with Crippen LogP contribution in [0.5, 0.6) is 0 Å². The van der Waals surface area contributed by atoms with E-state index in [4.69, 9.17) is 16.3 Å². The van der Waals surface area contributed by atoms with Gasteiger partial charge in [0, 0.05) is 23.0 Å². The summed E-state index contributed by atoms with van der Waals surface area (Å²) in [4.78, 5) is 11.2. The first-order valence-electron chi connectivity index (χ1n) is 4.58. The monoisotopic (exact) mass is 290 g/mol. The number of hydrogen-bond donors (Lipinski definition) is 0. The first kappa shape index (κ1) is 12.7. The summed E-state index contributed by atoms with van der Waals surface area (Å²) in [6.45, 7) is 0.175. The summed E-state index contributed by atoms with van der Waals surface area (Å²) in [5.41, 5.74) is 0.990. The number of halogens is 2. The number of carbonyl (C=O) groups is 1. The second-order valence-corrected chi connectivity index (χ2v) is 4.53. The number of hydrogen-bond acceptors (Lipinski definition) is 2. The number of carbonyl (C=O) groups excluding carboxylic acids is 1. The minimum atomic E-state index is 0.0940. The molecule has 0 saturated carbocycles.